The minimum Gasteiger partial charge on any atom is -0.379 e. The van der Waals surface area contributed by atoms with E-state index in [9.17, 15) is 4.79 Å². The van der Waals surface area contributed by atoms with E-state index in [2.05, 4.69) is 20.2 Å². The van der Waals surface area contributed by atoms with Crippen LogP contribution in [0.15, 0.2) is 60.2 Å². The van der Waals surface area contributed by atoms with Crippen molar-refractivity contribution in [2.45, 2.75) is 13.0 Å². The van der Waals surface area contributed by atoms with E-state index in [1.165, 1.54) is 11.3 Å². The van der Waals surface area contributed by atoms with Gasteiger partial charge in [-0.15, -0.1) is 11.3 Å². The number of nitrogens with one attached hydrogen (secondary N) is 1. The number of aromatic nitrogens is 3. The maximum Gasteiger partial charge on any atom is 0.230 e. The number of rotatable bonds is 6. The molecule has 0 aliphatic carbocycles. The predicted octanol–water partition coefficient (Wildman–Crippen LogP) is 3.77. The van der Waals surface area contributed by atoms with Crippen LogP contribution in [0.2, 0.25) is 0 Å². The van der Waals surface area contributed by atoms with Gasteiger partial charge in [0.1, 0.15) is 0 Å². The van der Waals surface area contributed by atoms with E-state index in [4.69, 9.17) is 9.72 Å². The van der Waals surface area contributed by atoms with Gasteiger partial charge in [0.05, 0.1) is 36.5 Å². The Morgan fingerprint density at radius 1 is 1.09 bits per heavy atom. The molecule has 0 saturated carbocycles. The molecule has 1 fully saturated rings. The van der Waals surface area contributed by atoms with E-state index in [-0.39, 0.29) is 12.3 Å². The van der Waals surface area contributed by atoms with Gasteiger partial charge in [-0.3, -0.25) is 14.7 Å². The van der Waals surface area contributed by atoms with Crippen molar-refractivity contribution in [3.05, 3.63) is 71.5 Å². The minimum absolute atomic E-state index is 0.0987. The molecule has 7 nitrogen and oxygen atoms in total. The molecule has 1 saturated heterocycles. The average Bonchev–Trinajstić information content (AvgIpc) is 3.26. The summed E-state index contributed by atoms with van der Waals surface area (Å²) < 4.78 is 5.39. The van der Waals surface area contributed by atoms with E-state index >= 15 is 0 Å². The van der Waals surface area contributed by atoms with Gasteiger partial charge in [0.2, 0.25) is 5.91 Å². The van der Waals surface area contributed by atoms with Crippen LogP contribution in [0, 0.1) is 0 Å². The van der Waals surface area contributed by atoms with Gasteiger partial charge < -0.3 is 10.1 Å². The number of pyridine rings is 2. The summed E-state index contributed by atoms with van der Waals surface area (Å²) in [7, 11) is 0. The van der Waals surface area contributed by atoms with Crippen LogP contribution in [0.25, 0.3) is 22.2 Å². The molecule has 3 aromatic heterocycles. The number of carbonyl (C=O) groups is 1. The van der Waals surface area contributed by atoms with Gasteiger partial charge in [-0.25, -0.2) is 9.97 Å². The van der Waals surface area contributed by atoms with Gasteiger partial charge in [0, 0.05) is 48.4 Å². The maximum absolute atomic E-state index is 12.8. The molecule has 0 atom stereocenters. The second kappa shape index (κ2) is 9.52. The number of ether oxygens (including phenoxy) is 1. The van der Waals surface area contributed by atoms with Crippen molar-refractivity contribution >= 4 is 33.3 Å². The molecule has 8 heteroatoms. The van der Waals surface area contributed by atoms with Crippen LogP contribution < -0.4 is 5.32 Å². The lowest BCUT2D eigenvalue weighted by molar-refractivity contribution is -0.115. The van der Waals surface area contributed by atoms with Gasteiger partial charge >= 0.3 is 0 Å². The fourth-order valence-electron chi connectivity index (χ4n) is 3.79. The van der Waals surface area contributed by atoms with Crippen LogP contribution in [0.1, 0.15) is 11.3 Å². The molecule has 1 aromatic carbocycles. The Kier molecular flexibility index (Phi) is 6.15. The normalized spacial score (nSPS) is 14.5. The third kappa shape index (κ3) is 4.83. The fourth-order valence-corrected chi connectivity index (χ4v) is 4.51. The molecule has 162 valence electrons. The Balaban J connectivity index is 1.29. The molecule has 4 heterocycles. The Bertz CT molecular complexity index is 1220. The van der Waals surface area contributed by atoms with Crippen molar-refractivity contribution in [1.82, 2.24) is 19.9 Å². The van der Waals surface area contributed by atoms with Crippen molar-refractivity contribution in [2.75, 3.05) is 31.6 Å². The van der Waals surface area contributed by atoms with Crippen LogP contribution in [0.5, 0.6) is 0 Å². The van der Waals surface area contributed by atoms with Gasteiger partial charge in [0.25, 0.3) is 0 Å². The fraction of sp³-hybridized carbons (Fsp3) is 0.250. The van der Waals surface area contributed by atoms with E-state index in [1.807, 2.05) is 47.8 Å². The summed E-state index contributed by atoms with van der Waals surface area (Å²) in [6.07, 6.45) is 3.77. The summed E-state index contributed by atoms with van der Waals surface area (Å²) in [6, 6.07) is 13.8. The highest BCUT2D eigenvalue weighted by Crippen LogP contribution is 2.24. The Morgan fingerprint density at radius 2 is 2.00 bits per heavy atom. The quantitative estimate of drug-likeness (QED) is 0.487. The zero-order chi connectivity index (χ0) is 21.8. The van der Waals surface area contributed by atoms with E-state index in [1.54, 1.807) is 12.4 Å². The molecule has 1 amide bonds. The molecule has 4 aromatic rings. The molecular formula is C24H23N5O2S. The first-order valence-electron chi connectivity index (χ1n) is 10.6. The molecule has 1 aliphatic heterocycles. The van der Waals surface area contributed by atoms with Gasteiger partial charge in [0.15, 0.2) is 5.13 Å². The van der Waals surface area contributed by atoms with Crippen LogP contribution in [0.4, 0.5) is 5.13 Å². The molecule has 32 heavy (non-hydrogen) atoms. The van der Waals surface area contributed by atoms with Crippen molar-refractivity contribution in [3.63, 3.8) is 0 Å². The first-order chi connectivity index (χ1) is 15.7. The first kappa shape index (κ1) is 20.7. The SMILES string of the molecule is O=C(Cc1cccc2ccc(-c3cccnc3)nc12)Nc1nc(CN2CCOCC2)cs1. The number of thiazole rings is 1. The molecule has 0 unspecified atom stereocenters. The van der Waals surface area contributed by atoms with Crippen LogP contribution in [-0.4, -0.2) is 52.1 Å². The molecule has 1 aliphatic rings. The molecule has 0 radical (unpaired) electrons. The van der Waals surface area contributed by atoms with E-state index in [0.29, 0.717) is 5.13 Å². The molecule has 5 rings (SSSR count). The number of morpholine rings is 1. The van der Waals surface area contributed by atoms with E-state index in [0.717, 1.165) is 66.3 Å². The molecular weight excluding hydrogens is 422 g/mol. The predicted molar refractivity (Wildman–Crippen MR) is 126 cm³/mol. The topological polar surface area (TPSA) is 80.2 Å². The molecule has 1 N–H and O–H groups in total. The number of para-hydroxylation sites is 1. The highest BCUT2D eigenvalue weighted by molar-refractivity contribution is 7.13. The Labute approximate surface area is 190 Å². The number of amides is 1. The number of carbonyl (C=O) groups excluding carboxylic acids is 1. The summed E-state index contributed by atoms with van der Waals surface area (Å²) in [6.45, 7) is 4.12. The summed E-state index contributed by atoms with van der Waals surface area (Å²) in [4.78, 5) is 28.7. The number of hydrogen-bond acceptors (Lipinski definition) is 7. The smallest absolute Gasteiger partial charge is 0.230 e. The molecule has 0 bridgehead atoms. The number of hydrogen-bond donors (Lipinski definition) is 1. The largest absolute Gasteiger partial charge is 0.379 e. The Morgan fingerprint density at radius 3 is 2.84 bits per heavy atom. The summed E-state index contributed by atoms with van der Waals surface area (Å²) in [5, 5.41) is 6.58. The van der Waals surface area contributed by atoms with Crippen LogP contribution in [0.3, 0.4) is 0 Å². The zero-order valence-electron chi connectivity index (χ0n) is 17.5. The van der Waals surface area contributed by atoms with Gasteiger partial charge in [-0.05, 0) is 23.8 Å². The van der Waals surface area contributed by atoms with E-state index < -0.39 is 0 Å². The molecule has 0 spiro atoms. The standard InChI is InChI=1S/C24H23N5O2S/c30-22(28-24-26-20(16-32-24)15-29-9-11-31-12-10-29)13-18-4-1-3-17-6-7-21(27-23(17)18)19-5-2-8-25-14-19/h1-8,14,16H,9-13,15H2,(H,26,28,30). The summed E-state index contributed by atoms with van der Waals surface area (Å²) in [5.41, 5.74) is 4.47. The van der Waals surface area contributed by atoms with Crippen LogP contribution in [-0.2, 0) is 22.5 Å². The third-order valence-corrected chi connectivity index (χ3v) is 6.21. The minimum atomic E-state index is -0.0987. The maximum atomic E-state index is 12.8. The second-order valence-corrected chi connectivity index (χ2v) is 8.54. The van der Waals surface area contributed by atoms with Crippen molar-refractivity contribution in [2.24, 2.45) is 0 Å². The monoisotopic (exact) mass is 445 g/mol. The number of anilines is 1. The van der Waals surface area contributed by atoms with Crippen molar-refractivity contribution < 1.29 is 9.53 Å². The number of fused-ring (bicyclic) bond motifs is 1. The Hall–Kier alpha value is -3.20. The van der Waals surface area contributed by atoms with Gasteiger partial charge in [-0.2, -0.15) is 0 Å². The third-order valence-electron chi connectivity index (χ3n) is 5.40. The van der Waals surface area contributed by atoms with Crippen LogP contribution >= 0.6 is 11.3 Å². The van der Waals surface area contributed by atoms with Gasteiger partial charge in [-0.1, -0.05) is 24.3 Å². The van der Waals surface area contributed by atoms with Crippen molar-refractivity contribution in [3.8, 4) is 11.3 Å². The summed E-state index contributed by atoms with van der Waals surface area (Å²) >= 11 is 1.46. The lowest BCUT2D eigenvalue weighted by atomic mass is 10.0. The summed E-state index contributed by atoms with van der Waals surface area (Å²) in [5.74, 6) is -0.0987. The second-order valence-electron chi connectivity index (χ2n) is 7.68. The first-order valence-corrected chi connectivity index (χ1v) is 11.5. The lowest BCUT2D eigenvalue weighted by Crippen LogP contribution is -2.35. The highest BCUT2D eigenvalue weighted by Gasteiger charge is 2.15. The zero-order valence-corrected chi connectivity index (χ0v) is 18.3. The highest BCUT2D eigenvalue weighted by atomic mass is 32.1. The lowest BCUT2D eigenvalue weighted by Gasteiger charge is -2.25. The number of nitrogens with zero attached hydrogens (tertiary/aromatic N) is 4. The van der Waals surface area contributed by atoms with Crippen molar-refractivity contribution in [1.29, 1.82) is 0 Å². The average molecular weight is 446 g/mol. The number of benzene rings is 1.